The molecule has 52 valence electrons. The normalized spacial score (nSPS) is 10.9. The number of hydrogen-bond donors (Lipinski definition) is 1. The molecule has 0 aromatic carbocycles. The molecular formula is C4H2IN3S2. The summed E-state index contributed by atoms with van der Waals surface area (Å²) in [6, 6.07) is 0. The molecule has 0 radical (unpaired) electrons. The van der Waals surface area contributed by atoms with E-state index in [4.69, 9.17) is 5.73 Å². The Morgan fingerprint density at radius 2 is 1.90 bits per heavy atom. The predicted octanol–water partition coefficient (Wildman–Crippen LogP) is 1.94. The number of halogens is 1. The van der Waals surface area contributed by atoms with E-state index in [9.17, 15) is 0 Å². The maximum atomic E-state index is 5.46. The third kappa shape index (κ3) is 0.995. The third-order valence-electron chi connectivity index (χ3n) is 0.966. The summed E-state index contributed by atoms with van der Waals surface area (Å²) in [5.74, 6) is 0. The second-order valence-electron chi connectivity index (χ2n) is 1.63. The molecule has 0 bridgehead atoms. The van der Waals surface area contributed by atoms with Crippen LogP contribution in [0.1, 0.15) is 0 Å². The lowest BCUT2D eigenvalue weighted by Crippen LogP contribution is -1.78. The summed E-state index contributed by atoms with van der Waals surface area (Å²) in [4.78, 5) is 10.2. The van der Waals surface area contributed by atoms with Gasteiger partial charge in [0, 0.05) is 0 Å². The van der Waals surface area contributed by atoms with Crippen molar-refractivity contribution in [2.45, 2.75) is 0 Å². The average molecular weight is 283 g/mol. The Bertz CT molecular complexity index is 302. The van der Waals surface area contributed by atoms with Crippen molar-refractivity contribution in [3.8, 4) is 0 Å². The van der Waals surface area contributed by atoms with E-state index in [1.54, 1.807) is 11.3 Å². The smallest absolute Gasteiger partial charge is 0.183 e. The summed E-state index contributed by atoms with van der Waals surface area (Å²) in [7, 11) is 0. The number of nitrogen functional groups attached to an aromatic ring is 1. The lowest BCUT2D eigenvalue weighted by molar-refractivity contribution is 1.47. The highest BCUT2D eigenvalue weighted by Gasteiger charge is 2.05. The van der Waals surface area contributed by atoms with Gasteiger partial charge in [-0.25, -0.2) is 9.97 Å². The lowest BCUT2D eigenvalue weighted by Gasteiger charge is -1.73. The topological polar surface area (TPSA) is 51.8 Å². The minimum absolute atomic E-state index is 0.602. The molecule has 0 spiro atoms. The summed E-state index contributed by atoms with van der Waals surface area (Å²) in [5.41, 5.74) is 5.46. The van der Waals surface area contributed by atoms with Gasteiger partial charge in [0.2, 0.25) is 0 Å². The summed E-state index contributed by atoms with van der Waals surface area (Å²) >= 11 is 5.18. The molecule has 0 aliphatic rings. The zero-order chi connectivity index (χ0) is 7.14. The first-order chi connectivity index (χ1) is 4.75. The van der Waals surface area contributed by atoms with Gasteiger partial charge in [0.1, 0.15) is 0 Å². The number of thiazole rings is 2. The zero-order valence-electron chi connectivity index (χ0n) is 4.67. The number of fused-ring (bicyclic) bond motifs is 1. The fourth-order valence-electron chi connectivity index (χ4n) is 0.633. The molecule has 0 unspecified atom stereocenters. The Hall–Kier alpha value is 0.0500. The average Bonchev–Trinajstić information content (AvgIpc) is 2.21. The van der Waals surface area contributed by atoms with Crippen molar-refractivity contribution in [3.05, 3.63) is 3.01 Å². The van der Waals surface area contributed by atoms with Gasteiger partial charge in [-0.05, 0) is 22.6 Å². The van der Waals surface area contributed by atoms with Crippen molar-refractivity contribution in [3.63, 3.8) is 0 Å². The van der Waals surface area contributed by atoms with Crippen LogP contribution in [-0.4, -0.2) is 9.97 Å². The van der Waals surface area contributed by atoms with Gasteiger partial charge in [-0.2, -0.15) is 0 Å². The number of rotatable bonds is 0. The van der Waals surface area contributed by atoms with Crippen LogP contribution in [-0.2, 0) is 0 Å². The summed E-state index contributed by atoms with van der Waals surface area (Å²) < 4.78 is 1.02. The number of nitrogens with zero attached hydrogens (tertiary/aromatic N) is 2. The summed E-state index contributed by atoms with van der Waals surface area (Å²) in [5, 5.41) is 0.602. The largest absolute Gasteiger partial charge is 0.375 e. The fraction of sp³-hybridized carbons (Fsp3) is 0. The highest BCUT2D eigenvalue weighted by molar-refractivity contribution is 14.1. The monoisotopic (exact) mass is 283 g/mol. The van der Waals surface area contributed by atoms with E-state index in [2.05, 4.69) is 32.6 Å². The fourth-order valence-corrected chi connectivity index (χ4v) is 3.21. The highest BCUT2D eigenvalue weighted by Crippen LogP contribution is 2.28. The predicted molar refractivity (Wildman–Crippen MR) is 52.4 cm³/mol. The molecule has 2 aromatic rings. The van der Waals surface area contributed by atoms with Crippen LogP contribution >= 0.6 is 45.3 Å². The van der Waals surface area contributed by atoms with E-state index in [0.717, 1.165) is 12.7 Å². The molecule has 10 heavy (non-hydrogen) atoms. The number of nitrogens with two attached hydrogens (primary N) is 1. The molecule has 0 amide bonds. The molecule has 2 heterocycles. The maximum Gasteiger partial charge on any atom is 0.183 e. The number of aromatic nitrogens is 2. The maximum absolute atomic E-state index is 5.46. The van der Waals surface area contributed by atoms with E-state index in [0.29, 0.717) is 5.13 Å². The standard InChI is InChI=1S/C4H2IN3S2/c5-3-7-1-2(9-3)8-4(6)10-1/h(H2,6,8). The summed E-state index contributed by atoms with van der Waals surface area (Å²) in [6.07, 6.45) is 0. The molecule has 6 heteroatoms. The molecule has 2 N–H and O–H groups in total. The van der Waals surface area contributed by atoms with Gasteiger partial charge < -0.3 is 5.73 Å². The van der Waals surface area contributed by atoms with Crippen LogP contribution in [0.25, 0.3) is 9.66 Å². The Balaban J connectivity index is 2.83. The minimum Gasteiger partial charge on any atom is -0.375 e. The van der Waals surface area contributed by atoms with Crippen LogP contribution in [0.4, 0.5) is 5.13 Å². The number of hydrogen-bond acceptors (Lipinski definition) is 5. The SMILES string of the molecule is Nc1nc2sc(I)nc2s1. The van der Waals surface area contributed by atoms with Crippen molar-refractivity contribution in [2.75, 3.05) is 5.73 Å². The Kier molecular flexibility index (Phi) is 1.53. The van der Waals surface area contributed by atoms with Gasteiger partial charge >= 0.3 is 0 Å². The van der Waals surface area contributed by atoms with Gasteiger partial charge in [-0.3, -0.25) is 0 Å². The molecule has 0 saturated heterocycles. The Morgan fingerprint density at radius 1 is 1.20 bits per heavy atom. The van der Waals surface area contributed by atoms with Gasteiger partial charge in [-0.15, -0.1) is 0 Å². The first-order valence-corrected chi connectivity index (χ1v) is 5.15. The van der Waals surface area contributed by atoms with Crippen LogP contribution in [0, 0.1) is 3.01 Å². The van der Waals surface area contributed by atoms with E-state index in [1.165, 1.54) is 11.3 Å². The van der Waals surface area contributed by atoms with Crippen molar-refractivity contribution in [2.24, 2.45) is 0 Å². The highest BCUT2D eigenvalue weighted by atomic mass is 127. The van der Waals surface area contributed by atoms with Crippen LogP contribution < -0.4 is 5.73 Å². The molecule has 2 aromatic heterocycles. The number of anilines is 1. The molecule has 0 aliphatic carbocycles. The summed E-state index contributed by atoms with van der Waals surface area (Å²) in [6.45, 7) is 0. The van der Waals surface area contributed by atoms with Crippen LogP contribution in [0.2, 0.25) is 0 Å². The van der Waals surface area contributed by atoms with Crippen molar-refractivity contribution in [1.82, 2.24) is 9.97 Å². The van der Waals surface area contributed by atoms with E-state index < -0.39 is 0 Å². The molecule has 0 saturated carbocycles. The minimum atomic E-state index is 0.602. The first-order valence-electron chi connectivity index (χ1n) is 2.44. The molecule has 3 nitrogen and oxygen atoms in total. The van der Waals surface area contributed by atoms with Gasteiger partial charge in [0.15, 0.2) is 17.8 Å². The Labute approximate surface area is 78.4 Å². The first kappa shape index (κ1) is 6.74. The lowest BCUT2D eigenvalue weighted by atomic mass is 10.9. The molecular weight excluding hydrogens is 281 g/mol. The van der Waals surface area contributed by atoms with Gasteiger partial charge in [0.25, 0.3) is 0 Å². The van der Waals surface area contributed by atoms with Crippen LogP contribution in [0.15, 0.2) is 0 Å². The zero-order valence-corrected chi connectivity index (χ0v) is 8.46. The molecule has 0 aliphatic heterocycles. The van der Waals surface area contributed by atoms with E-state index in [-0.39, 0.29) is 0 Å². The third-order valence-corrected chi connectivity index (χ3v) is 3.51. The van der Waals surface area contributed by atoms with E-state index in [1.807, 2.05) is 0 Å². The quantitative estimate of drug-likeness (QED) is 0.752. The second kappa shape index (κ2) is 2.28. The van der Waals surface area contributed by atoms with E-state index >= 15 is 0 Å². The Morgan fingerprint density at radius 3 is 2.60 bits per heavy atom. The van der Waals surface area contributed by atoms with Crippen molar-refractivity contribution < 1.29 is 0 Å². The van der Waals surface area contributed by atoms with Gasteiger partial charge in [-0.1, -0.05) is 22.7 Å². The molecule has 0 atom stereocenters. The van der Waals surface area contributed by atoms with Gasteiger partial charge in [0.05, 0.1) is 0 Å². The molecule has 2 rings (SSSR count). The van der Waals surface area contributed by atoms with Crippen molar-refractivity contribution >= 4 is 60.1 Å². The van der Waals surface area contributed by atoms with Crippen LogP contribution in [0.5, 0.6) is 0 Å². The van der Waals surface area contributed by atoms with Crippen molar-refractivity contribution in [1.29, 1.82) is 0 Å². The van der Waals surface area contributed by atoms with Crippen LogP contribution in [0.3, 0.4) is 0 Å². The second-order valence-corrected chi connectivity index (χ2v) is 5.37. The molecule has 0 fully saturated rings.